The van der Waals surface area contributed by atoms with E-state index in [1.807, 2.05) is 13.8 Å². The van der Waals surface area contributed by atoms with E-state index in [-0.39, 0.29) is 22.6 Å². The van der Waals surface area contributed by atoms with Crippen LogP contribution in [-0.4, -0.2) is 31.2 Å². The molecule has 2 rings (SSSR count). The average Bonchev–Trinajstić information content (AvgIpc) is 2.56. The highest BCUT2D eigenvalue weighted by Gasteiger charge is 2.16. The van der Waals surface area contributed by atoms with Crippen LogP contribution in [-0.2, 0) is 0 Å². The summed E-state index contributed by atoms with van der Waals surface area (Å²) in [6.07, 6.45) is 1.31. The lowest BCUT2D eigenvalue weighted by Gasteiger charge is -2.14. The lowest BCUT2D eigenvalue weighted by Crippen LogP contribution is -2.14. The Labute approximate surface area is 156 Å². The molecular weight excluding hydrogens is 367 g/mol. The van der Waals surface area contributed by atoms with Crippen molar-refractivity contribution in [3.05, 3.63) is 40.0 Å². The number of nitrogens with zero attached hydrogens (tertiary/aromatic N) is 1. The summed E-state index contributed by atoms with van der Waals surface area (Å²) in [5.74, 6) is 0.716. The zero-order valence-corrected chi connectivity index (χ0v) is 15.7. The first-order chi connectivity index (χ1) is 11.8. The van der Waals surface area contributed by atoms with Crippen LogP contribution in [0.3, 0.4) is 0 Å². The van der Waals surface area contributed by atoms with E-state index in [4.69, 9.17) is 37.4 Å². The van der Waals surface area contributed by atoms with Crippen molar-refractivity contribution < 1.29 is 19.0 Å². The number of benzene rings is 1. The molecule has 0 spiro atoms. The van der Waals surface area contributed by atoms with Gasteiger partial charge in [0.05, 0.1) is 36.6 Å². The number of pyridine rings is 1. The number of rotatable bonds is 6. The van der Waals surface area contributed by atoms with Crippen molar-refractivity contribution in [2.75, 3.05) is 19.5 Å². The van der Waals surface area contributed by atoms with E-state index < -0.39 is 5.91 Å². The van der Waals surface area contributed by atoms with Crippen LogP contribution in [0, 0.1) is 0 Å². The van der Waals surface area contributed by atoms with Gasteiger partial charge < -0.3 is 19.5 Å². The van der Waals surface area contributed by atoms with Gasteiger partial charge in [0.15, 0.2) is 0 Å². The van der Waals surface area contributed by atoms with Crippen LogP contribution < -0.4 is 19.5 Å². The molecule has 2 aromatic rings. The number of methoxy groups -OCH3 is 2. The Morgan fingerprint density at radius 1 is 1.08 bits per heavy atom. The molecule has 0 unspecified atom stereocenters. The van der Waals surface area contributed by atoms with Crippen LogP contribution in [0.25, 0.3) is 0 Å². The third-order valence-electron chi connectivity index (χ3n) is 3.14. The molecule has 25 heavy (non-hydrogen) atoms. The molecule has 0 atom stereocenters. The molecule has 134 valence electrons. The Morgan fingerprint density at radius 3 is 2.32 bits per heavy atom. The summed E-state index contributed by atoms with van der Waals surface area (Å²) in [6.45, 7) is 3.72. The van der Waals surface area contributed by atoms with Crippen LogP contribution in [0.2, 0.25) is 10.0 Å². The minimum atomic E-state index is -0.412. The van der Waals surface area contributed by atoms with Gasteiger partial charge in [-0.1, -0.05) is 23.2 Å². The molecule has 1 amide bonds. The summed E-state index contributed by atoms with van der Waals surface area (Å²) >= 11 is 12.2. The Bertz CT molecular complexity index is 781. The van der Waals surface area contributed by atoms with Gasteiger partial charge in [-0.05, 0) is 26.0 Å². The largest absolute Gasteiger partial charge is 0.495 e. The molecule has 1 N–H and O–H groups in total. The summed E-state index contributed by atoms with van der Waals surface area (Å²) < 4.78 is 15.8. The Morgan fingerprint density at radius 2 is 1.76 bits per heavy atom. The number of anilines is 1. The van der Waals surface area contributed by atoms with E-state index in [1.165, 1.54) is 26.5 Å². The normalized spacial score (nSPS) is 10.5. The molecular formula is C17H18Cl2N2O4. The van der Waals surface area contributed by atoms with Crippen molar-refractivity contribution in [2.24, 2.45) is 0 Å². The van der Waals surface area contributed by atoms with Crippen LogP contribution in [0.5, 0.6) is 17.4 Å². The van der Waals surface area contributed by atoms with Gasteiger partial charge in [-0.3, -0.25) is 4.79 Å². The fourth-order valence-electron chi connectivity index (χ4n) is 2.01. The van der Waals surface area contributed by atoms with Crippen molar-refractivity contribution in [2.45, 2.75) is 20.0 Å². The highest BCUT2D eigenvalue weighted by Crippen LogP contribution is 2.36. The summed E-state index contributed by atoms with van der Waals surface area (Å²) in [6, 6.07) is 4.62. The monoisotopic (exact) mass is 384 g/mol. The molecule has 0 fully saturated rings. The van der Waals surface area contributed by atoms with Crippen LogP contribution >= 0.6 is 23.2 Å². The Hall–Kier alpha value is -2.18. The minimum Gasteiger partial charge on any atom is -0.495 e. The van der Waals surface area contributed by atoms with Crippen LogP contribution in [0.1, 0.15) is 24.2 Å². The molecule has 0 saturated carbocycles. The predicted molar refractivity (Wildman–Crippen MR) is 97.5 cm³/mol. The summed E-state index contributed by atoms with van der Waals surface area (Å²) in [5.41, 5.74) is 0.673. The van der Waals surface area contributed by atoms with Gasteiger partial charge in [-0.2, -0.15) is 0 Å². The van der Waals surface area contributed by atoms with E-state index in [0.717, 1.165) is 0 Å². The number of amides is 1. The van der Waals surface area contributed by atoms with E-state index in [2.05, 4.69) is 10.3 Å². The first-order valence-electron chi connectivity index (χ1n) is 7.40. The van der Waals surface area contributed by atoms with Gasteiger partial charge in [0.1, 0.15) is 16.5 Å². The third kappa shape index (κ3) is 4.67. The molecule has 1 aromatic heterocycles. The molecule has 0 bridgehead atoms. The smallest absolute Gasteiger partial charge is 0.257 e. The molecule has 0 aliphatic carbocycles. The fraction of sp³-hybridized carbons (Fsp3) is 0.294. The Balaban J connectivity index is 2.25. The van der Waals surface area contributed by atoms with E-state index in [0.29, 0.717) is 22.2 Å². The number of carbonyl (C=O) groups is 1. The fourth-order valence-corrected chi connectivity index (χ4v) is 2.46. The SMILES string of the molecule is COc1cc(OC)c(NC(=O)c2cnc(OC(C)C)c(Cl)c2)cc1Cl. The lowest BCUT2D eigenvalue weighted by atomic mass is 10.2. The minimum absolute atomic E-state index is 0.0737. The number of hydrogen-bond donors (Lipinski definition) is 1. The number of nitrogens with one attached hydrogen (secondary N) is 1. The predicted octanol–water partition coefficient (Wildman–Crippen LogP) is 4.45. The van der Waals surface area contributed by atoms with E-state index >= 15 is 0 Å². The van der Waals surface area contributed by atoms with Gasteiger partial charge in [0.2, 0.25) is 5.88 Å². The van der Waals surface area contributed by atoms with Crippen molar-refractivity contribution in [1.29, 1.82) is 0 Å². The van der Waals surface area contributed by atoms with E-state index in [1.54, 1.807) is 12.1 Å². The van der Waals surface area contributed by atoms with Crippen LogP contribution in [0.15, 0.2) is 24.4 Å². The topological polar surface area (TPSA) is 69.7 Å². The molecule has 1 heterocycles. The number of hydrogen-bond acceptors (Lipinski definition) is 5. The summed E-state index contributed by atoms with van der Waals surface area (Å²) in [7, 11) is 2.97. The molecule has 6 nitrogen and oxygen atoms in total. The van der Waals surface area contributed by atoms with Gasteiger partial charge in [0, 0.05) is 12.3 Å². The zero-order chi connectivity index (χ0) is 18.6. The first-order valence-corrected chi connectivity index (χ1v) is 8.16. The lowest BCUT2D eigenvalue weighted by molar-refractivity contribution is 0.102. The highest BCUT2D eigenvalue weighted by molar-refractivity contribution is 6.33. The first kappa shape index (κ1) is 19.1. The second kappa shape index (κ2) is 8.27. The maximum Gasteiger partial charge on any atom is 0.257 e. The summed E-state index contributed by atoms with van der Waals surface area (Å²) in [5, 5.41) is 3.31. The average molecular weight is 385 g/mol. The molecule has 1 aromatic carbocycles. The van der Waals surface area contributed by atoms with Gasteiger partial charge in [-0.15, -0.1) is 0 Å². The Kier molecular flexibility index (Phi) is 6.33. The number of ether oxygens (including phenoxy) is 3. The van der Waals surface area contributed by atoms with Gasteiger partial charge in [0.25, 0.3) is 5.91 Å². The molecule has 0 aliphatic heterocycles. The summed E-state index contributed by atoms with van der Waals surface area (Å²) in [4.78, 5) is 16.5. The third-order valence-corrected chi connectivity index (χ3v) is 3.71. The van der Waals surface area contributed by atoms with Gasteiger partial charge >= 0.3 is 0 Å². The molecule has 8 heteroatoms. The molecule has 0 saturated heterocycles. The van der Waals surface area contributed by atoms with E-state index in [9.17, 15) is 4.79 Å². The maximum atomic E-state index is 12.5. The highest BCUT2D eigenvalue weighted by atomic mass is 35.5. The van der Waals surface area contributed by atoms with Crippen molar-refractivity contribution in [3.63, 3.8) is 0 Å². The van der Waals surface area contributed by atoms with Crippen molar-refractivity contribution in [3.8, 4) is 17.4 Å². The zero-order valence-electron chi connectivity index (χ0n) is 14.2. The molecule has 0 radical (unpaired) electrons. The van der Waals surface area contributed by atoms with Crippen LogP contribution in [0.4, 0.5) is 5.69 Å². The number of halogens is 2. The second-order valence-electron chi connectivity index (χ2n) is 5.32. The van der Waals surface area contributed by atoms with Gasteiger partial charge in [-0.25, -0.2) is 4.98 Å². The second-order valence-corrected chi connectivity index (χ2v) is 6.13. The van der Waals surface area contributed by atoms with Crippen molar-refractivity contribution >= 4 is 34.8 Å². The number of aromatic nitrogens is 1. The number of carbonyl (C=O) groups excluding carboxylic acids is 1. The molecule has 0 aliphatic rings. The van der Waals surface area contributed by atoms with Crippen molar-refractivity contribution in [1.82, 2.24) is 4.98 Å². The maximum absolute atomic E-state index is 12.5. The quantitative estimate of drug-likeness (QED) is 0.796. The standard InChI is InChI=1S/C17H18Cl2N2O4/c1-9(2)25-17-12(19)5-10(8-20-17)16(22)21-13-6-11(18)14(23-3)7-15(13)24-4/h5-9H,1-4H3,(H,21,22).